The predicted molar refractivity (Wildman–Crippen MR) is 93.3 cm³/mol. The second-order valence-electron chi connectivity index (χ2n) is 6.66. The number of nitrogens with one attached hydrogen (secondary N) is 1. The maximum atomic E-state index is 9.77. The van der Waals surface area contributed by atoms with Crippen molar-refractivity contribution in [2.45, 2.75) is 45.2 Å². The number of hydrogen-bond acceptors (Lipinski definition) is 5. The van der Waals surface area contributed by atoms with E-state index in [1.54, 1.807) is 18.5 Å². The van der Waals surface area contributed by atoms with E-state index in [-0.39, 0.29) is 5.75 Å². The van der Waals surface area contributed by atoms with Gasteiger partial charge in [-0.25, -0.2) is 9.97 Å². The number of phenols is 1. The van der Waals surface area contributed by atoms with Crippen LogP contribution in [0.1, 0.15) is 37.6 Å². The van der Waals surface area contributed by atoms with Gasteiger partial charge in [0, 0.05) is 29.6 Å². The van der Waals surface area contributed by atoms with Crippen molar-refractivity contribution in [3.8, 4) is 5.75 Å². The van der Waals surface area contributed by atoms with Crippen molar-refractivity contribution in [3.05, 3.63) is 42.0 Å². The highest BCUT2D eigenvalue weighted by Gasteiger charge is 2.24. The summed E-state index contributed by atoms with van der Waals surface area (Å²) in [6.07, 6.45) is 6.56. The molecule has 0 aliphatic heterocycles. The molecule has 1 atom stereocenters. The number of rotatable bonds is 3. The smallest absolute Gasteiger partial charge is 0.137 e. The quantitative estimate of drug-likeness (QED) is 0.774. The molecular formula is C18H21N5O. The molecule has 2 aromatic heterocycles. The summed E-state index contributed by atoms with van der Waals surface area (Å²) in [4.78, 5) is 8.65. The Hall–Kier alpha value is -2.63. The van der Waals surface area contributed by atoms with Crippen LogP contribution in [0.4, 0.5) is 5.82 Å². The van der Waals surface area contributed by atoms with Gasteiger partial charge >= 0.3 is 0 Å². The van der Waals surface area contributed by atoms with E-state index >= 15 is 0 Å². The van der Waals surface area contributed by atoms with Crippen molar-refractivity contribution in [2.75, 3.05) is 5.32 Å². The molecule has 2 heterocycles. The minimum absolute atomic E-state index is 0.226. The average Bonchev–Trinajstić information content (AvgIpc) is 2.99. The minimum Gasteiger partial charge on any atom is -0.508 e. The molecule has 4 rings (SSSR count). The van der Waals surface area contributed by atoms with E-state index < -0.39 is 0 Å². The molecule has 6 heteroatoms. The van der Waals surface area contributed by atoms with Crippen molar-refractivity contribution in [3.63, 3.8) is 0 Å². The number of nitrogens with zero attached hydrogens (tertiary/aromatic N) is 4. The molecule has 0 spiro atoms. The molecule has 24 heavy (non-hydrogen) atoms. The number of aryl methyl sites for hydroxylation is 1. The minimum atomic E-state index is 0.226. The summed E-state index contributed by atoms with van der Waals surface area (Å²) in [5, 5.41) is 18.7. The van der Waals surface area contributed by atoms with E-state index in [1.165, 1.54) is 11.3 Å². The van der Waals surface area contributed by atoms with Crippen molar-refractivity contribution >= 4 is 16.7 Å². The molecule has 1 aliphatic carbocycles. The normalized spacial score (nSPS) is 17.2. The van der Waals surface area contributed by atoms with Crippen molar-refractivity contribution in [1.82, 2.24) is 19.7 Å². The maximum Gasteiger partial charge on any atom is 0.137 e. The number of anilines is 1. The first-order valence-corrected chi connectivity index (χ1v) is 8.37. The van der Waals surface area contributed by atoms with E-state index in [2.05, 4.69) is 38.9 Å². The Bertz CT molecular complexity index is 886. The van der Waals surface area contributed by atoms with E-state index in [4.69, 9.17) is 0 Å². The zero-order valence-electron chi connectivity index (χ0n) is 13.9. The van der Waals surface area contributed by atoms with Crippen LogP contribution in [0.3, 0.4) is 0 Å². The van der Waals surface area contributed by atoms with Crippen LogP contribution in [0.25, 0.3) is 10.9 Å². The number of benzene rings is 1. The van der Waals surface area contributed by atoms with Gasteiger partial charge in [0.2, 0.25) is 0 Å². The SMILES string of the molecule is CC(C)n1ncc2c1CC(Nc1ncnc3ccc(O)cc13)CC2. The van der Waals surface area contributed by atoms with Gasteiger partial charge < -0.3 is 10.4 Å². The third-order valence-electron chi connectivity index (χ3n) is 4.64. The van der Waals surface area contributed by atoms with Crippen LogP contribution in [-0.2, 0) is 12.8 Å². The molecule has 1 aromatic carbocycles. The standard InChI is InChI=1S/C18H21N5O/c1-11(2)23-17-7-13(4-3-12(17)9-21-23)22-18-15-8-14(24)5-6-16(15)19-10-20-18/h5-6,8-11,13,24H,3-4,7H2,1-2H3,(H,19,20,22). The maximum absolute atomic E-state index is 9.77. The van der Waals surface area contributed by atoms with Crippen molar-refractivity contribution in [1.29, 1.82) is 0 Å². The summed E-state index contributed by atoms with van der Waals surface area (Å²) in [7, 11) is 0. The zero-order chi connectivity index (χ0) is 16.7. The van der Waals surface area contributed by atoms with Crippen LogP contribution >= 0.6 is 0 Å². The van der Waals surface area contributed by atoms with Gasteiger partial charge in [-0.2, -0.15) is 5.10 Å². The molecule has 0 fully saturated rings. The number of phenolic OH excluding ortho intramolecular Hbond substituents is 1. The lowest BCUT2D eigenvalue weighted by Gasteiger charge is -2.26. The summed E-state index contributed by atoms with van der Waals surface area (Å²) in [6, 6.07) is 5.83. The summed E-state index contributed by atoms with van der Waals surface area (Å²) in [6.45, 7) is 4.32. The molecule has 0 saturated carbocycles. The Kier molecular flexibility index (Phi) is 3.59. The summed E-state index contributed by atoms with van der Waals surface area (Å²) < 4.78 is 2.12. The summed E-state index contributed by atoms with van der Waals surface area (Å²) >= 11 is 0. The second-order valence-corrected chi connectivity index (χ2v) is 6.66. The fourth-order valence-electron chi connectivity index (χ4n) is 3.44. The first-order valence-electron chi connectivity index (χ1n) is 8.37. The summed E-state index contributed by atoms with van der Waals surface area (Å²) in [5.41, 5.74) is 3.50. The van der Waals surface area contributed by atoms with Crippen LogP contribution < -0.4 is 5.32 Å². The van der Waals surface area contributed by atoms with E-state index in [1.807, 2.05) is 12.3 Å². The lowest BCUT2D eigenvalue weighted by atomic mass is 9.93. The van der Waals surface area contributed by atoms with Gasteiger partial charge in [-0.05, 0) is 50.5 Å². The molecular weight excluding hydrogens is 302 g/mol. The molecule has 1 unspecified atom stereocenters. The van der Waals surface area contributed by atoms with Gasteiger partial charge in [-0.3, -0.25) is 4.68 Å². The first-order chi connectivity index (χ1) is 11.6. The molecule has 124 valence electrons. The van der Waals surface area contributed by atoms with Crippen molar-refractivity contribution in [2.24, 2.45) is 0 Å². The number of aromatic hydroxyl groups is 1. The molecule has 0 bridgehead atoms. The molecule has 3 aromatic rings. The first kappa shape index (κ1) is 14.9. The van der Waals surface area contributed by atoms with E-state index in [0.717, 1.165) is 36.0 Å². The van der Waals surface area contributed by atoms with Crippen LogP contribution in [0.2, 0.25) is 0 Å². The molecule has 0 amide bonds. The molecule has 2 N–H and O–H groups in total. The predicted octanol–water partition coefficient (Wildman–Crippen LogP) is 3.08. The Balaban J connectivity index is 1.63. The Morgan fingerprint density at radius 2 is 2.17 bits per heavy atom. The fourth-order valence-corrected chi connectivity index (χ4v) is 3.44. The van der Waals surface area contributed by atoms with Crippen LogP contribution in [0, 0.1) is 0 Å². The zero-order valence-corrected chi connectivity index (χ0v) is 13.9. The van der Waals surface area contributed by atoms with Crippen molar-refractivity contribution < 1.29 is 5.11 Å². The Morgan fingerprint density at radius 3 is 3.00 bits per heavy atom. The summed E-state index contributed by atoms with van der Waals surface area (Å²) in [5.74, 6) is 1.00. The fraction of sp³-hybridized carbons (Fsp3) is 0.389. The third-order valence-corrected chi connectivity index (χ3v) is 4.64. The Morgan fingerprint density at radius 1 is 1.29 bits per heavy atom. The van der Waals surface area contributed by atoms with Gasteiger partial charge in [0.1, 0.15) is 17.9 Å². The van der Waals surface area contributed by atoms with Gasteiger partial charge in [0.15, 0.2) is 0 Å². The van der Waals surface area contributed by atoms with Gasteiger partial charge in [-0.1, -0.05) is 0 Å². The van der Waals surface area contributed by atoms with E-state index in [9.17, 15) is 5.11 Å². The molecule has 0 radical (unpaired) electrons. The van der Waals surface area contributed by atoms with Gasteiger partial charge in [-0.15, -0.1) is 0 Å². The average molecular weight is 323 g/mol. The second kappa shape index (κ2) is 5.78. The van der Waals surface area contributed by atoms with Crippen LogP contribution in [-0.4, -0.2) is 30.9 Å². The Labute approximate surface area is 140 Å². The highest BCUT2D eigenvalue weighted by molar-refractivity contribution is 5.89. The van der Waals surface area contributed by atoms with Gasteiger partial charge in [0.25, 0.3) is 0 Å². The van der Waals surface area contributed by atoms with Gasteiger partial charge in [0.05, 0.1) is 11.7 Å². The topological polar surface area (TPSA) is 75.9 Å². The molecule has 6 nitrogen and oxygen atoms in total. The third kappa shape index (κ3) is 2.58. The number of aromatic nitrogens is 4. The molecule has 1 aliphatic rings. The lowest BCUT2D eigenvalue weighted by molar-refractivity contribution is 0.476. The largest absolute Gasteiger partial charge is 0.508 e. The highest BCUT2D eigenvalue weighted by atomic mass is 16.3. The number of hydrogen-bond donors (Lipinski definition) is 2. The molecule has 0 saturated heterocycles. The highest BCUT2D eigenvalue weighted by Crippen LogP contribution is 2.28. The van der Waals surface area contributed by atoms with Crippen LogP contribution in [0.5, 0.6) is 5.75 Å². The lowest BCUT2D eigenvalue weighted by Crippen LogP contribution is -2.29. The monoisotopic (exact) mass is 323 g/mol. The number of fused-ring (bicyclic) bond motifs is 2. The van der Waals surface area contributed by atoms with Crippen LogP contribution in [0.15, 0.2) is 30.7 Å². The van der Waals surface area contributed by atoms with E-state index in [0.29, 0.717) is 12.1 Å².